The van der Waals surface area contributed by atoms with Crippen molar-refractivity contribution in [3.05, 3.63) is 101 Å². The quantitative estimate of drug-likeness (QED) is 0.577. The molecule has 0 spiro atoms. The van der Waals surface area contributed by atoms with Crippen LogP contribution in [0.2, 0.25) is 0 Å². The van der Waals surface area contributed by atoms with E-state index < -0.39 is 10.0 Å². The number of hydrogen-bond donors (Lipinski definition) is 2. The molecule has 0 unspecified atom stereocenters. The van der Waals surface area contributed by atoms with Crippen molar-refractivity contribution in [1.29, 1.82) is 0 Å². The van der Waals surface area contributed by atoms with Crippen LogP contribution in [-0.2, 0) is 16.6 Å². The number of sulfonamides is 1. The molecule has 0 atom stereocenters. The second-order valence-corrected chi connectivity index (χ2v) is 9.83. The number of amides is 1. The maximum absolute atomic E-state index is 13.2. The minimum absolute atomic E-state index is 0.0738. The van der Waals surface area contributed by atoms with Gasteiger partial charge in [-0.05, 0) is 59.9 Å². The predicted octanol–water partition coefficient (Wildman–Crippen LogP) is 4.11. The number of rotatable bonds is 6. The number of carbonyl (C=O) groups is 1. The highest BCUT2D eigenvalue weighted by Crippen LogP contribution is 2.26. The van der Waals surface area contributed by atoms with E-state index >= 15 is 0 Å². The first-order chi connectivity index (χ1) is 15.8. The molecule has 0 saturated carbocycles. The van der Waals surface area contributed by atoms with Crippen LogP contribution in [0.1, 0.15) is 33.5 Å². The van der Waals surface area contributed by atoms with E-state index in [4.69, 9.17) is 0 Å². The Balaban J connectivity index is 1.49. The topological polar surface area (TPSA) is 86.7 Å². The zero-order chi connectivity index (χ0) is 23.4. The Labute approximate surface area is 194 Å². The van der Waals surface area contributed by atoms with Gasteiger partial charge in [0.05, 0.1) is 4.90 Å². The minimum atomic E-state index is -3.76. The SMILES string of the molecule is Cc1ccc(S(=O)(=O)NCc2ccccc2)cc1C(=O)N1CC=C(c2ccc(O)cc2)CC1. The molecule has 1 amide bonds. The largest absolute Gasteiger partial charge is 0.508 e. The second-order valence-electron chi connectivity index (χ2n) is 8.06. The van der Waals surface area contributed by atoms with E-state index in [1.165, 1.54) is 12.1 Å². The fourth-order valence-electron chi connectivity index (χ4n) is 3.82. The summed E-state index contributed by atoms with van der Waals surface area (Å²) in [4.78, 5) is 15.0. The van der Waals surface area contributed by atoms with Crippen LogP contribution in [-0.4, -0.2) is 37.4 Å². The van der Waals surface area contributed by atoms with Gasteiger partial charge in [0.25, 0.3) is 5.91 Å². The molecule has 0 aliphatic carbocycles. The van der Waals surface area contributed by atoms with Crippen LogP contribution >= 0.6 is 0 Å². The molecule has 3 aromatic carbocycles. The van der Waals surface area contributed by atoms with Crippen LogP contribution in [0, 0.1) is 6.92 Å². The van der Waals surface area contributed by atoms with Crippen LogP contribution < -0.4 is 4.72 Å². The van der Waals surface area contributed by atoms with Gasteiger partial charge < -0.3 is 10.0 Å². The minimum Gasteiger partial charge on any atom is -0.508 e. The number of nitrogens with zero attached hydrogens (tertiary/aromatic N) is 1. The smallest absolute Gasteiger partial charge is 0.254 e. The Morgan fingerprint density at radius 3 is 2.42 bits per heavy atom. The Bertz CT molecular complexity index is 1280. The summed E-state index contributed by atoms with van der Waals surface area (Å²) in [5.41, 5.74) is 4.12. The van der Waals surface area contributed by atoms with Gasteiger partial charge >= 0.3 is 0 Å². The zero-order valence-corrected chi connectivity index (χ0v) is 19.2. The van der Waals surface area contributed by atoms with E-state index in [1.807, 2.05) is 55.5 Å². The third kappa shape index (κ3) is 5.32. The molecule has 0 saturated heterocycles. The number of benzene rings is 3. The Morgan fingerprint density at radius 2 is 1.76 bits per heavy atom. The standard InChI is InChI=1S/C26H26N2O4S/c1-19-7-12-24(33(31,32)27-18-20-5-3-2-4-6-20)17-25(19)26(30)28-15-13-22(14-16-28)21-8-10-23(29)11-9-21/h2-13,17,27,29H,14-16,18H2,1H3. The summed E-state index contributed by atoms with van der Waals surface area (Å²) in [6.45, 7) is 2.96. The van der Waals surface area contributed by atoms with Crippen LogP contribution in [0.5, 0.6) is 5.75 Å². The van der Waals surface area contributed by atoms with E-state index in [9.17, 15) is 18.3 Å². The Morgan fingerprint density at radius 1 is 1.03 bits per heavy atom. The third-order valence-electron chi connectivity index (χ3n) is 5.79. The first-order valence-electron chi connectivity index (χ1n) is 10.8. The molecule has 1 heterocycles. The van der Waals surface area contributed by atoms with E-state index in [0.29, 0.717) is 25.1 Å². The van der Waals surface area contributed by atoms with Gasteiger partial charge in [0.2, 0.25) is 10.0 Å². The molecule has 4 rings (SSSR count). The summed E-state index contributed by atoms with van der Waals surface area (Å²) in [5, 5.41) is 9.47. The average molecular weight is 463 g/mol. The van der Waals surface area contributed by atoms with Gasteiger partial charge in [-0.3, -0.25) is 4.79 Å². The maximum Gasteiger partial charge on any atom is 0.254 e. The molecule has 7 heteroatoms. The number of nitrogens with one attached hydrogen (secondary N) is 1. The first kappa shape index (κ1) is 22.8. The average Bonchev–Trinajstić information content (AvgIpc) is 2.84. The summed E-state index contributed by atoms with van der Waals surface area (Å²) in [6.07, 6.45) is 2.69. The maximum atomic E-state index is 13.2. The lowest BCUT2D eigenvalue weighted by molar-refractivity contribution is 0.0772. The number of phenolic OH excluding ortho intramolecular Hbond substituents is 1. The molecule has 6 nitrogen and oxygen atoms in total. The van der Waals surface area contributed by atoms with Crippen molar-refractivity contribution >= 4 is 21.5 Å². The highest BCUT2D eigenvalue weighted by molar-refractivity contribution is 7.89. The van der Waals surface area contributed by atoms with Crippen molar-refractivity contribution in [3.63, 3.8) is 0 Å². The molecule has 0 aromatic heterocycles. The van der Waals surface area contributed by atoms with Crippen molar-refractivity contribution in [2.45, 2.75) is 24.8 Å². The van der Waals surface area contributed by atoms with Crippen LogP contribution in [0.4, 0.5) is 0 Å². The zero-order valence-electron chi connectivity index (χ0n) is 18.4. The fraction of sp³-hybridized carbons (Fsp3) is 0.192. The fourth-order valence-corrected chi connectivity index (χ4v) is 4.86. The van der Waals surface area contributed by atoms with Gasteiger partial charge in [0.15, 0.2) is 0 Å². The van der Waals surface area contributed by atoms with Crippen molar-refractivity contribution in [2.75, 3.05) is 13.1 Å². The third-order valence-corrected chi connectivity index (χ3v) is 7.19. The second kappa shape index (κ2) is 9.60. The van der Waals surface area contributed by atoms with Gasteiger partial charge in [0.1, 0.15) is 5.75 Å². The molecule has 1 aliphatic heterocycles. The van der Waals surface area contributed by atoms with Gasteiger partial charge in [-0.25, -0.2) is 13.1 Å². The van der Waals surface area contributed by atoms with Crippen molar-refractivity contribution in [1.82, 2.24) is 9.62 Å². The van der Waals surface area contributed by atoms with Crippen molar-refractivity contribution < 1.29 is 18.3 Å². The summed E-state index contributed by atoms with van der Waals surface area (Å²) < 4.78 is 28.3. The Kier molecular flexibility index (Phi) is 6.62. The summed E-state index contributed by atoms with van der Waals surface area (Å²) >= 11 is 0. The molecular weight excluding hydrogens is 436 g/mol. The molecule has 2 N–H and O–H groups in total. The van der Waals surface area contributed by atoms with Gasteiger partial charge in [0, 0.05) is 25.2 Å². The summed E-state index contributed by atoms with van der Waals surface area (Å²) in [7, 11) is -3.76. The Hall–Kier alpha value is -3.42. The molecule has 0 fully saturated rings. The summed E-state index contributed by atoms with van der Waals surface area (Å²) in [6, 6.07) is 21.0. The molecule has 170 valence electrons. The van der Waals surface area contributed by atoms with E-state index in [1.54, 1.807) is 23.1 Å². The molecule has 33 heavy (non-hydrogen) atoms. The van der Waals surface area contributed by atoms with Gasteiger partial charge in [-0.2, -0.15) is 0 Å². The number of aryl methyl sites for hydroxylation is 1. The molecule has 0 radical (unpaired) electrons. The lowest BCUT2D eigenvalue weighted by Gasteiger charge is -2.27. The van der Waals surface area contributed by atoms with Crippen LogP contribution in [0.3, 0.4) is 0 Å². The highest BCUT2D eigenvalue weighted by atomic mass is 32.2. The predicted molar refractivity (Wildman–Crippen MR) is 128 cm³/mol. The summed E-state index contributed by atoms with van der Waals surface area (Å²) in [5.74, 6) is 0.0316. The van der Waals surface area contributed by atoms with E-state index in [-0.39, 0.29) is 23.1 Å². The lowest BCUT2D eigenvalue weighted by atomic mass is 9.98. The number of aromatic hydroxyl groups is 1. The number of carbonyl (C=O) groups excluding carboxylic acids is 1. The van der Waals surface area contributed by atoms with Crippen molar-refractivity contribution in [2.24, 2.45) is 0 Å². The lowest BCUT2D eigenvalue weighted by Crippen LogP contribution is -2.35. The number of hydrogen-bond acceptors (Lipinski definition) is 4. The van der Waals surface area contributed by atoms with Crippen molar-refractivity contribution in [3.8, 4) is 5.75 Å². The molecule has 0 bridgehead atoms. The van der Waals surface area contributed by atoms with E-state index in [2.05, 4.69) is 4.72 Å². The number of phenols is 1. The first-order valence-corrected chi connectivity index (χ1v) is 12.2. The van der Waals surface area contributed by atoms with Gasteiger partial charge in [-0.1, -0.05) is 54.6 Å². The van der Waals surface area contributed by atoms with E-state index in [0.717, 1.165) is 22.3 Å². The van der Waals surface area contributed by atoms with Crippen LogP contribution in [0.15, 0.2) is 83.8 Å². The molecular formula is C26H26N2O4S. The normalized spacial score (nSPS) is 14.1. The van der Waals surface area contributed by atoms with Gasteiger partial charge in [-0.15, -0.1) is 0 Å². The molecule has 1 aliphatic rings. The molecule has 3 aromatic rings. The highest BCUT2D eigenvalue weighted by Gasteiger charge is 2.23. The monoisotopic (exact) mass is 462 g/mol. The van der Waals surface area contributed by atoms with Crippen LogP contribution in [0.25, 0.3) is 5.57 Å².